The fourth-order valence-corrected chi connectivity index (χ4v) is 1.73. The highest BCUT2D eigenvalue weighted by molar-refractivity contribution is 5.34. The Morgan fingerprint density at radius 2 is 2.00 bits per heavy atom. The number of methoxy groups -OCH3 is 1. The van der Waals surface area contributed by atoms with Gasteiger partial charge in [-0.3, -0.25) is 0 Å². The molecule has 0 saturated heterocycles. The average molecular weight is 247 g/mol. The fourth-order valence-electron chi connectivity index (χ4n) is 1.73. The first-order valence-corrected chi connectivity index (χ1v) is 5.96. The molecule has 1 aromatic heterocycles. The second-order valence-corrected chi connectivity index (χ2v) is 3.97. The van der Waals surface area contributed by atoms with E-state index >= 15 is 0 Å². The van der Waals surface area contributed by atoms with Crippen LogP contribution in [0.4, 0.5) is 0 Å². The second-order valence-electron chi connectivity index (χ2n) is 3.97. The SMILES string of the molecule is COc1ccccc1Cc1nnc(CCCN)o1. The molecule has 5 heteroatoms. The van der Waals surface area contributed by atoms with Gasteiger partial charge in [0.15, 0.2) is 0 Å². The van der Waals surface area contributed by atoms with Crippen LogP contribution in [0, 0.1) is 0 Å². The Morgan fingerprint density at radius 3 is 2.78 bits per heavy atom. The average Bonchev–Trinajstić information content (AvgIpc) is 2.84. The summed E-state index contributed by atoms with van der Waals surface area (Å²) in [6, 6.07) is 7.80. The monoisotopic (exact) mass is 247 g/mol. The highest BCUT2D eigenvalue weighted by Gasteiger charge is 2.09. The van der Waals surface area contributed by atoms with Crippen LogP contribution in [0.3, 0.4) is 0 Å². The first-order valence-electron chi connectivity index (χ1n) is 5.96. The van der Waals surface area contributed by atoms with Crippen molar-refractivity contribution in [3.05, 3.63) is 41.6 Å². The summed E-state index contributed by atoms with van der Waals surface area (Å²) < 4.78 is 10.8. The first kappa shape index (κ1) is 12.6. The molecule has 0 fully saturated rings. The van der Waals surface area contributed by atoms with Crippen molar-refractivity contribution in [2.24, 2.45) is 5.73 Å². The van der Waals surface area contributed by atoms with Crippen molar-refractivity contribution in [3.63, 3.8) is 0 Å². The number of rotatable bonds is 6. The van der Waals surface area contributed by atoms with Crippen LogP contribution in [0.25, 0.3) is 0 Å². The molecule has 0 saturated carbocycles. The largest absolute Gasteiger partial charge is 0.496 e. The maximum atomic E-state index is 5.56. The fraction of sp³-hybridized carbons (Fsp3) is 0.385. The predicted octanol–water partition coefficient (Wildman–Crippen LogP) is 1.56. The van der Waals surface area contributed by atoms with Crippen molar-refractivity contribution < 1.29 is 9.15 Å². The van der Waals surface area contributed by atoms with Gasteiger partial charge in [-0.15, -0.1) is 10.2 Å². The zero-order chi connectivity index (χ0) is 12.8. The topological polar surface area (TPSA) is 74.2 Å². The summed E-state index contributed by atoms with van der Waals surface area (Å²) in [7, 11) is 1.65. The summed E-state index contributed by atoms with van der Waals surface area (Å²) in [6.07, 6.45) is 2.17. The van der Waals surface area contributed by atoms with Gasteiger partial charge in [0.1, 0.15) is 5.75 Å². The molecule has 2 aromatic rings. The number of hydrogen-bond donors (Lipinski definition) is 1. The number of benzene rings is 1. The molecule has 2 rings (SSSR count). The number of para-hydroxylation sites is 1. The third-order valence-electron chi connectivity index (χ3n) is 2.64. The Bertz CT molecular complexity index is 496. The Morgan fingerprint density at radius 1 is 1.22 bits per heavy atom. The molecule has 0 amide bonds. The van der Waals surface area contributed by atoms with E-state index in [0.29, 0.717) is 24.7 Å². The molecule has 0 bridgehead atoms. The molecule has 1 heterocycles. The predicted molar refractivity (Wildman–Crippen MR) is 67.5 cm³/mol. The van der Waals surface area contributed by atoms with Gasteiger partial charge >= 0.3 is 0 Å². The van der Waals surface area contributed by atoms with Crippen LogP contribution in [0.15, 0.2) is 28.7 Å². The minimum atomic E-state index is 0.583. The summed E-state index contributed by atoms with van der Waals surface area (Å²) in [5, 5.41) is 8.02. The number of nitrogens with zero attached hydrogens (tertiary/aromatic N) is 2. The normalized spacial score (nSPS) is 10.6. The van der Waals surface area contributed by atoms with Crippen molar-refractivity contribution in [2.75, 3.05) is 13.7 Å². The molecule has 96 valence electrons. The van der Waals surface area contributed by atoms with E-state index in [-0.39, 0.29) is 0 Å². The Kier molecular flexibility index (Phi) is 4.30. The number of aromatic nitrogens is 2. The molecular formula is C13H17N3O2. The quantitative estimate of drug-likeness (QED) is 0.838. The van der Waals surface area contributed by atoms with Crippen LogP contribution >= 0.6 is 0 Å². The highest BCUT2D eigenvalue weighted by Crippen LogP contribution is 2.20. The van der Waals surface area contributed by atoms with Gasteiger partial charge in [0.05, 0.1) is 13.5 Å². The summed E-state index contributed by atoms with van der Waals surface area (Å²) in [6.45, 7) is 0.629. The standard InChI is InChI=1S/C13H17N3O2/c1-17-11-6-3-2-5-10(11)9-13-16-15-12(18-13)7-4-8-14/h2-3,5-6H,4,7-9,14H2,1H3. The molecule has 5 nitrogen and oxygen atoms in total. The van der Waals surface area contributed by atoms with Crippen LogP contribution in [0.2, 0.25) is 0 Å². The lowest BCUT2D eigenvalue weighted by atomic mass is 10.1. The molecule has 0 spiro atoms. The molecule has 18 heavy (non-hydrogen) atoms. The summed E-state index contributed by atoms with van der Waals surface area (Å²) in [4.78, 5) is 0. The summed E-state index contributed by atoms with van der Waals surface area (Å²) >= 11 is 0. The maximum Gasteiger partial charge on any atom is 0.221 e. The summed E-state index contributed by atoms with van der Waals surface area (Å²) in [5.74, 6) is 2.08. The van der Waals surface area contributed by atoms with E-state index in [2.05, 4.69) is 10.2 Å². The third kappa shape index (κ3) is 3.07. The van der Waals surface area contributed by atoms with E-state index in [0.717, 1.165) is 24.2 Å². The van der Waals surface area contributed by atoms with Crippen molar-refractivity contribution in [1.29, 1.82) is 0 Å². The van der Waals surface area contributed by atoms with Crippen molar-refractivity contribution >= 4 is 0 Å². The zero-order valence-corrected chi connectivity index (χ0v) is 10.4. The van der Waals surface area contributed by atoms with Crippen LogP contribution < -0.4 is 10.5 Å². The highest BCUT2D eigenvalue weighted by atomic mass is 16.5. The van der Waals surface area contributed by atoms with E-state index in [9.17, 15) is 0 Å². The van der Waals surface area contributed by atoms with Gasteiger partial charge in [0, 0.05) is 12.0 Å². The van der Waals surface area contributed by atoms with Gasteiger partial charge in [0.25, 0.3) is 0 Å². The van der Waals surface area contributed by atoms with Gasteiger partial charge in [-0.2, -0.15) is 0 Å². The van der Waals surface area contributed by atoms with Crippen LogP contribution in [-0.2, 0) is 12.8 Å². The summed E-state index contributed by atoms with van der Waals surface area (Å²) in [5.41, 5.74) is 6.47. The van der Waals surface area contributed by atoms with E-state index in [1.165, 1.54) is 0 Å². The minimum Gasteiger partial charge on any atom is -0.496 e. The van der Waals surface area contributed by atoms with Gasteiger partial charge < -0.3 is 14.9 Å². The van der Waals surface area contributed by atoms with Crippen molar-refractivity contribution in [1.82, 2.24) is 10.2 Å². The number of aryl methyl sites for hydroxylation is 1. The number of ether oxygens (including phenoxy) is 1. The molecule has 2 N–H and O–H groups in total. The number of hydrogen-bond acceptors (Lipinski definition) is 5. The Balaban J connectivity index is 2.06. The van der Waals surface area contributed by atoms with Gasteiger partial charge in [-0.1, -0.05) is 18.2 Å². The minimum absolute atomic E-state index is 0.583. The van der Waals surface area contributed by atoms with E-state index in [1.807, 2.05) is 24.3 Å². The lowest BCUT2D eigenvalue weighted by molar-refractivity contribution is 0.406. The van der Waals surface area contributed by atoms with Crippen LogP contribution in [-0.4, -0.2) is 23.9 Å². The second kappa shape index (κ2) is 6.16. The molecule has 0 aliphatic heterocycles. The lowest BCUT2D eigenvalue weighted by Gasteiger charge is -2.05. The molecule has 1 aromatic carbocycles. The molecule has 0 radical (unpaired) electrons. The van der Waals surface area contributed by atoms with Crippen LogP contribution in [0.5, 0.6) is 5.75 Å². The Hall–Kier alpha value is -1.88. The zero-order valence-electron chi connectivity index (χ0n) is 10.4. The third-order valence-corrected chi connectivity index (χ3v) is 2.64. The molecule has 0 unspecified atom stereocenters. The molecule has 0 aliphatic rings. The van der Waals surface area contributed by atoms with Gasteiger partial charge in [-0.25, -0.2) is 0 Å². The number of nitrogens with two attached hydrogens (primary N) is 1. The van der Waals surface area contributed by atoms with E-state index < -0.39 is 0 Å². The first-order chi connectivity index (χ1) is 8.83. The van der Waals surface area contributed by atoms with Crippen LogP contribution in [0.1, 0.15) is 23.8 Å². The van der Waals surface area contributed by atoms with E-state index in [4.69, 9.17) is 14.9 Å². The van der Waals surface area contributed by atoms with Crippen molar-refractivity contribution in [2.45, 2.75) is 19.3 Å². The van der Waals surface area contributed by atoms with Gasteiger partial charge in [-0.05, 0) is 19.0 Å². The molecular weight excluding hydrogens is 230 g/mol. The molecule has 0 aliphatic carbocycles. The van der Waals surface area contributed by atoms with E-state index in [1.54, 1.807) is 7.11 Å². The Labute approximate surface area is 106 Å². The van der Waals surface area contributed by atoms with Crippen molar-refractivity contribution in [3.8, 4) is 5.75 Å². The lowest BCUT2D eigenvalue weighted by Crippen LogP contribution is -2.00. The smallest absolute Gasteiger partial charge is 0.221 e. The molecule has 0 atom stereocenters. The van der Waals surface area contributed by atoms with Gasteiger partial charge in [0.2, 0.25) is 11.8 Å². The maximum absolute atomic E-state index is 5.56.